The van der Waals surface area contributed by atoms with Gasteiger partial charge in [-0.3, -0.25) is 9.59 Å². The van der Waals surface area contributed by atoms with E-state index < -0.39 is 17.8 Å². The number of nitrogens with one attached hydrogen (secondary N) is 1. The number of hydrogen-bond acceptors (Lipinski definition) is 5. The molecule has 162 valence electrons. The van der Waals surface area contributed by atoms with E-state index in [1.165, 1.54) is 36.3 Å². The molecule has 0 saturated carbocycles. The molecule has 1 atom stereocenters. The summed E-state index contributed by atoms with van der Waals surface area (Å²) in [7, 11) is 2.82. The number of ether oxygens (including phenoxy) is 2. The molecule has 1 unspecified atom stereocenters. The van der Waals surface area contributed by atoms with Gasteiger partial charge >= 0.3 is 5.97 Å². The van der Waals surface area contributed by atoms with Crippen molar-refractivity contribution in [2.24, 2.45) is 0 Å². The van der Waals surface area contributed by atoms with Gasteiger partial charge in [0, 0.05) is 37.1 Å². The number of carbonyl (C=O) groups excluding carboxylic acids is 3. The lowest BCUT2D eigenvalue weighted by molar-refractivity contribution is 0.0591. The van der Waals surface area contributed by atoms with E-state index in [1.54, 1.807) is 27.9 Å². The number of ketones is 1. The molecule has 0 saturated heterocycles. The smallest absolute Gasteiger partial charge is 0.354 e. The summed E-state index contributed by atoms with van der Waals surface area (Å²) in [5, 5.41) is 0. The lowest BCUT2D eigenvalue weighted by Crippen LogP contribution is -2.44. The number of benzene rings is 1. The molecule has 2 aromatic rings. The molecule has 30 heavy (non-hydrogen) atoms. The fourth-order valence-electron chi connectivity index (χ4n) is 3.38. The standard InChI is InChI=1S/C22H27FN2O5/c1-13-18(14(2)24-19(13)22(28)30-5)20(26)15(3)25(11-6-12-29-4)21(27)16-7-9-17(23)10-8-16/h7-10,15,24H,6,11-12H2,1-5H3. The average molecular weight is 418 g/mol. The van der Waals surface area contributed by atoms with Gasteiger partial charge in [-0.2, -0.15) is 0 Å². The summed E-state index contributed by atoms with van der Waals surface area (Å²) in [5.74, 6) is -1.70. The van der Waals surface area contributed by atoms with Crippen LogP contribution >= 0.6 is 0 Å². The minimum atomic E-state index is -0.807. The van der Waals surface area contributed by atoms with Crippen LogP contribution in [-0.2, 0) is 9.47 Å². The Bertz CT molecular complexity index is 920. The molecule has 1 N–H and O–H groups in total. The molecule has 0 bridgehead atoms. The van der Waals surface area contributed by atoms with Crippen LogP contribution in [0.25, 0.3) is 0 Å². The third-order valence-corrected chi connectivity index (χ3v) is 5.02. The van der Waals surface area contributed by atoms with Crippen LogP contribution in [0.1, 0.15) is 55.8 Å². The molecular formula is C22H27FN2O5. The molecule has 0 radical (unpaired) electrons. The van der Waals surface area contributed by atoms with Crippen LogP contribution < -0.4 is 0 Å². The summed E-state index contributed by atoms with van der Waals surface area (Å²) in [6, 6.07) is 4.38. The van der Waals surface area contributed by atoms with Gasteiger partial charge in [0.25, 0.3) is 5.91 Å². The Morgan fingerprint density at radius 2 is 1.77 bits per heavy atom. The zero-order valence-corrected chi connectivity index (χ0v) is 17.9. The highest BCUT2D eigenvalue weighted by Gasteiger charge is 2.31. The predicted molar refractivity (Wildman–Crippen MR) is 109 cm³/mol. The van der Waals surface area contributed by atoms with Gasteiger partial charge in [0.2, 0.25) is 0 Å². The lowest BCUT2D eigenvalue weighted by atomic mass is 9.99. The number of aromatic nitrogens is 1. The number of carbonyl (C=O) groups is 3. The molecule has 1 aromatic heterocycles. The van der Waals surface area contributed by atoms with Gasteiger partial charge in [-0.25, -0.2) is 9.18 Å². The second-order valence-corrected chi connectivity index (χ2v) is 7.01. The number of esters is 1. The Balaban J connectivity index is 2.37. The largest absolute Gasteiger partial charge is 0.464 e. The number of methoxy groups -OCH3 is 2. The zero-order valence-electron chi connectivity index (χ0n) is 17.9. The molecule has 0 spiro atoms. The van der Waals surface area contributed by atoms with Crippen molar-refractivity contribution in [1.82, 2.24) is 9.88 Å². The summed E-state index contributed by atoms with van der Waals surface area (Å²) in [6.07, 6.45) is 0.527. The van der Waals surface area contributed by atoms with E-state index in [-0.39, 0.29) is 29.5 Å². The van der Waals surface area contributed by atoms with Crippen LogP contribution in [0.5, 0.6) is 0 Å². The molecule has 7 nitrogen and oxygen atoms in total. The molecule has 0 fully saturated rings. The third kappa shape index (κ3) is 4.94. The Morgan fingerprint density at radius 3 is 2.33 bits per heavy atom. The van der Waals surface area contributed by atoms with E-state index in [1.807, 2.05) is 0 Å². The number of aryl methyl sites for hydroxylation is 1. The van der Waals surface area contributed by atoms with Crippen molar-refractivity contribution in [3.8, 4) is 0 Å². The maximum atomic E-state index is 13.3. The number of H-pyrrole nitrogens is 1. The van der Waals surface area contributed by atoms with Crippen molar-refractivity contribution < 1.29 is 28.2 Å². The van der Waals surface area contributed by atoms with Gasteiger partial charge in [-0.15, -0.1) is 0 Å². The number of halogens is 1. The maximum Gasteiger partial charge on any atom is 0.354 e. The summed E-state index contributed by atoms with van der Waals surface area (Å²) in [5.41, 5.74) is 1.84. The number of Topliss-reactive ketones (excluding diaryl/α,β-unsaturated/α-hetero) is 1. The van der Waals surface area contributed by atoms with E-state index in [4.69, 9.17) is 9.47 Å². The van der Waals surface area contributed by atoms with Gasteiger partial charge in [-0.05, 0) is 57.0 Å². The monoisotopic (exact) mass is 418 g/mol. The number of hydrogen-bond donors (Lipinski definition) is 1. The second kappa shape index (κ2) is 10.2. The van der Waals surface area contributed by atoms with Crippen LogP contribution in [0, 0.1) is 19.7 Å². The first-order valence-corrected chi connectivity index (χ1v) is 9.60. The quantitative estimate of drug-likeness (QED) is 0.383. The Kier molecular flexibility index (Phi) is 7.88. The van der Waals surface area contributed by atoms with Crippen molar-refractivity contribution >= 4 is 17.7 Å². The molecule has 1 heterocycles. The maximum absolute atomic E-state index is 13.3. The van der Waals surface area contributed by atoms with E-state index in [9.17, 15) is 18.8 Å². The van der Waals surface area contributed by atoms with Crippen molar-refractivity contribution in [2.75, 3.05) is 27.4 Å². The molecule has 1 aromatic carbocycles. The van der Waals surface area contributed by atoms with E-state index in [0.29, 0.717) is 29.8 Å². The van der Waals surface area contributed by atoms with Crippen LogP contribution in [0.2, 0.25) is 0 Å². The summed E-state index contributed by atoms with van der Waals surface area (Å²) in [4.78, 5) is 42.7. The number of aromatic amines is 1. The fourth-order valence-corrected chi connectivity index (χ4v) is 3.38. The van der Waals surface area contributed by atoms with Gasteiger partial charge in [0.1, 0.15) is 11.5 Å². The van der Waals surface area contributed by atoms with Crippen molar-refractivity contribution in [3.63, 3.8) is 0 Å². The highest BCUT2D eigenvalue weighted by molar-refractivity contribution is 6.07. The number of rotatable bonds is 9. The van der Waals surface area contributed by atoms with Gasteiger partial charge in [0.05, 0.1) is 13.2 Å². The first-order valence-electron chi connectivity index (χ1n) is 9.60. The molecule has 0 aliphatic rings. The average Bonchev–Trinajstić information content (AvgIpc) is 3.03. The topological polar surface area (TPSA) is 88.7 Å². The van der Waals surface area contributed by atoms with Gasteiger partial charge < -0.3 is 19.4 Å². The Labute approximate surface area is 175 Å². The number of nitrogens with zero attached hydrogens (tertiary/aromatic N) is 1. The molecule has 8 heteroatoms. The van der Waals surface area contributed by atoms with Crippen LogP contribution in [-0.4, -0.2) is 61.0 Å². The van der Waals surface area contributed by atoms with E-state index >= 15 is 0 Å². The highest BCUT2D eigenvalue weighted by atomic mass is 19.1. The Hall–Kier alpha value is -3.00. The first kappa shape index (κ1) is 23.3. The summed E-state index contributed by atoms with van der Waals surface area (Å²) >= 11 is 0. The van der Waals surface area contributed by atoms with E-state index in [0.717, 1.165) is 0 Å². The molecule has 2 rings (SSSR count). The van der Waals surface area contributed by atoms with E-state index in [2.05, 4.69) is 4.98 Å². The molecule has 0 aliphatic carbocycles. The normalized spacial score (nSPS) is 11.8. The van der Waals surface area contributed by atoms with Crippen LogP contribution in [0.3, 0.4) is 0 Å². The number of amides is 1. The summed E-state index contributed by atoms with van der Waals surface area (Å²) < 4.78 is 23.1. The molecular weight excluding hydrogens is 391 g/mol. The van der Waals surface area contributed by atoms with Crippen LogP contribution in [0.15, 0.2) is 24.3 Å². The summed E-state index contributed by atoms with van der Waals surface area (Å²) in [6.45, 7) is 5.69. The predicted octanol–water partition coefficient (Wildman–Crippen LogP) is 3.31. The third-order valence-electron chi connectivity index (χ3n) is 5.02. The highest BCUT2D eigenvalue weighted by Crippen LogP contribution is 2.23. The zero-order chi connectivity index (χ0) is 22.4. The lowest BCUT2D eigenvalue weighted by Gasteiger charge is -2.29. The van der Waals surface area contributed by atoms with Gasteiger partial charge in [0.15, 0.2) is 5.78 Å². The van der Waals surface area contributed by atoms with Crippen molar-refractivity contribution in [2.45, 2.75) is 33.2 Å². The molecule has 0 aliphatic heterocycles. The molecule has 1 amide bonds. The second-order valence-electron chi connectivity index (χ2n) is 7.01. The van der Waals surface area contributed by atoms with Crippen molar-refractivity contribution in [1.29, 1.82) is 0 Å². The fraction of sp³-hybridized carbons (Fsp3) is 0.409. The van der Waals surface area contributed by atoms with Gasteiger partial charge in [-0.1, -0.05) is 0 Å². The minimum Gasteiger partial charge on any atom is -0.464 e. The SMILES string of the molecule is COCCCN(C(=O)c1ccc(F)cc1)C(C)C(=O)c1c(C)[nH]c(C(=O)OC)c1C. The van der Waals surface area contributed by atoms with Crippen molar-refractivity contribution in [3.05, 3.63) is 58.2 Å². The van der Waals surface area contributed by atoms with Crippen LogP contribution in [0.4, 0.5) is 4.39 Å². The first-order chi connectivity index (χ1) is 14.2. The minimum absolute atomic E-state index is 0.210. The Morgan fingerprint density at radius 1 is 1.13 bits per heavy atom.